The van der Waals surface area contributed by atoms with Crippen LogP contribution in [0.3, 0.4) is 0 Å². The number of hydrogen-bond acceptors (Lipinski definition) is 4. The molecule has 2 aromatic rings. The summed E-state index contributed by atoms with van der Waals surface area (Å²) >= 11 is 0. The Kier molecular flexibility index (Phi) is 3.86. The molecule has 2 fully saturated rings. The summed E-state index contributed by atoms with van der Waals surface area (Å²) in [6.45, 7) is 7.72. The Morgan fingerprint density at radius 3 is 2.85 bits per heavy atom. The van der Waals surface area contributed by atoms with Gasteiger partial charge in [0, 0.05) is 24.2 Å². The first kappa shape index (κ1) is 17.1. The summed E-state index contributed by atoms with van der Waals surface area (Å²) in [4.78, 5) is 15.1. The highest BCUT2D eigenvalue weighted by Crippen LogP contribution is 2.52. The van der Waals surface area contributed by atoms with Gasteiger partial charge in [0.2, 0.25) is 5.76 Å². The quantitative estimate of drug-likeness (QED) is 0.820. The number of ether oxygens (including phenoxy) is 1. The molecular weight excluding hydrogens is 328 g/mol. The molecule has 138 valence electrons. The lowest BCUT2D eigenvalue weighted by molar-refractivity contribution is 0.0667. The number of rotatable bonds is 3. The zero-order valence-corrected chi connectivity index (χ0v) is 15.9. The minimum absolute atomic E-state index is 0.0435. The van der Waals surface area contributed by atoms with Crippen LogP contribution in [0.4, 0.5) is 0 Å². The van der Waals surface area contributed by atoms with Gasteiger partial charge in [-0.2, -0.15) is 0 Å². The maximum Gasteiger partial charge on any atom is 0.292 e. The maximum absolute atomic E-state index is 13.1. The zero-order valence-electron chi connectivity index (χ0n) is 15.9. The fraction of sp³-hybridized carbons (Fsp3) is 0.524. The van der Waals surface area contributed by atoms with E-state index in [0.29, 0.717) is 17.5 Å². The minimum Gasteiger partial charge on any atom is -0.497 e. The van der Waals surface area contributed by atoms with Crippen LogP contribution in [0.1, 0.15) is 50.6 Å². The van der Waals surface area contributed by atoms with E-state index in [2.05, 4.69) is 25.9 Å². The van der Waals surface area contributed by atoms with Gasteiger partial charge in [-0.05, 0) is 42.2 Å². The van der Waals surface area contributed by atoms with Crippen LogP contribution >= 0.6 is 0 Å². The van der Waals surface area contributed by atoms with Crippen molar-refractivity contribution < 1.29 is 14.1 Å². The normalized spacial score (nSPS) is 26.8. The molecule has 5 nitrogen and oxygen atoms in total. The average Bonchev–Trinajstić information content (AvgIpc) is 3.16. The van der Waals surface area contributed by atoms with Crippen molar-refractivity contribution in [2.24, 2.45) is 10.8 Å². The van der Waals surface area contributed by atoms with Crippen LogP contribution in [0.5, 0.6) is 5.75 Å². The lowest BCUT2D eigenvalue weighted by atomic mass is 9.65. The predicted octanol–water partition coefficient (Wildman–Crippen LogP) is 4.39. The van der Waals surface area contributed by atoms with E-state index in [1.54, 1.807) is 13.2 Å². The number of amides is 1. The van der Waals surface area contributed by atoms with E-state index in [1.807, 2.05) is 29.2 Å². The van der Waals surface area contributed by atoms with Gasteiger partial charge in [0.05, 0.1) is 7.11 Å². The summed E-state index contributed by atoms with van der Waals surface area (Å²) in [6.07, 6.45) is 3.29. The van der Waals surface area contributed by atoms with Crippen molar-refractivity contribution in [3.05, 3.63) is 36.1 Å². The van der Waals surface area contributed by atoms with Crippen molar-refractivity contribution in [1.82, 2.24) is 10.1 Å². The maximum atomic E-state index is 13.1. The largest absolute Gasteiger partial charge is 0.497 e. The van der Waals surface area contributed by atoms with Crippen LogP contribution in [0.25, 0.3) is 11.3 Å². The molecule has 2 unspecified atom stereocenters. The van der Waals surface area contributed by atoms with Crippen LogP contribution in [0.15, 0.2) is 34.9 Å². The Balaban J connectivity index is 1.57. The van der Waals surface area contributed by atoms with Gasteiger partial charge >= 0.3 is 0 Å². The first-order valence-corrected chi connectivity index (χ1v) is 9.21. The molecule has 0 spiro atoms. The van der Waals surface area contributed by atoms with Crippen LogP contribution in [0, 0.1) is 10.8 Å². The molecule has 1 aromatic heterocycles. The van der Waals surface area contributed by atoms with E-state index >= 15 is 0 Å². The second-order valence-corrected chi connectivity index (χ2v) is 8.96. The molecule has 0 radical (unpaired) electrons. The Morgan fingerprint density at radius 2 is 2.08 bits per heavy atom. The van der Waals surface area contributed by atoms with Gasteiger partial charge in [0.1, 0.15) is 11.4 Å². The molecule has 2 atom stereocenters. The summed E-state index contributed by atoms with van der Waals surface area (Å²) < 4.78 is 10.7. The third-order valence-electron chi connectivity index (χ3n) is 5.76. The lowest BCUT2D eigenvalue weighted by Crippen LogP contribution is -2.37. The van der Waals surface area contributed by atoms with Crippen molar-refractivity contribution in [2.75, 3.05) is 13.7 Å². The van der Waals surface area contributed by atoms with Crippen molar-refractivity contribution in [1.29, 1.82) is 0 Å². The highest BCUT2D eigenvalue weighted by molar-refractivity contribution is 5.93. The number of hydrogen-bond donors (Lipinski definition) is 0. The monoisotopic (exact) mass is 354 g/mol. The van der Waals surface area contributed by atoms with Gasteiger partial charge in [-0.25, -0.2) is 0 Å². The highest BCUT2D eigenvalue weighted by atomic mass is 16.5. The third-order valence-corrected chi connectivity index (χ3v) is 5.76. The van der Waals surface area contributed by atoms with E-state index in [9.17, 15) is 4.79 Å². The molecule has 2 bridgehead atoms. The fourth-order valence-electron chi connectivity index (χ4n) is 5.13. The van der Waals surface area contributed by atoms with E-state index in [1.165, 1.54) is 0 Å². The molecule has 2 heterocycles. The van der Waals surface area contributed by atoms with Gasteiger partial charge in [-0.15, -0.1) is 0 Å². The predicted molar refractivity (Wildman–Crippen MR) is 99.1 cm³/mol. The summed E-state index contributed by atoms with van der Waals surface area (Å²) in [5.41, 5.74) is 2.01. The molecule has 1 amide bonds. The minimum atomic E-state index is -0.0435. The number of fused-ring (bicyclic) bond motifs is 2. The lowest BCUT2D eigenvalue weighted by Gasteiger charge is -2.39. The number of aromatic nitrogens is 1. The van der Waals surface area contributed by atoms with E-state index in [4.69, 9.17) is 9.26 Å². The van der Waals surface area contributed by atoms with E-state index in [0.717, 1.165) is 37.1 Å². The van der Waals surface area contributed by atoms with Crippen LogP contribution in [-0.4, -0.2) is 35.7 Å². The van der Waals surface area contributed by atoms with Crippen molar-refractivity contribution in [2.45, 2.75) is 46.1 Å². The topological polar surface area (TPSA) is 55.6 Å². The van der Waals surface area contributed by atoms with Crippen LogP contribution in [0.2, 0.25) is 0 Å². The Morgan fingerprint density at radius 1 is 1.27 bits per heavy atom. The number of benzene rings is 1. The molecule has 1 aliphatic heterocycles. The van der Waals surface area contributed by atoms with Gasteiger partial charge in [-0.1, -0.05) is 38.1 Å². The van der Waals surface area contributed by atoms with Crippen molar-refractivity contribution in [3.63, 3.8) is 0 Å². The molecule has 1 aromatic carbocycles. The fourth-order valence-corrected chi connectivity index (χ4v) is 5.13. The average molecular weight is 354 g/mol. The number of nitrogens with zero attached hydrogens (tertiary/aromatic N) is 2. The molecule has 1 saturated heterocycles. The molecule has 4 rings (SSSR count). The van der Waals surface area contributed by atoms with Crippen LogP contribution in [-0.2, 0) is 0 Å². The molecule has 26 heavy (non-hydrogen) atoms. The van der Waals surface area contributed by atoms with Gasteiger partial charge in [-0.3, -0.25) is 4.79 Å². The summed E-state index contributed by atoms with van der Waals surface area (Å²) in [5, 5.41) is 4.11. The molecular formula is C21H26N2O3. The van der Waals surface area contributed by atoms with E-state index < -0.39 is 0 Å². The number of carbonyl (C=O) groups is 1. The SMILES string of the molecule is COc1cccc(-c2cc(C(=O)N3CC4(C)CC3CC(C)(C)C4)on2)c1. The molecule has 2 aliphatic rings. The standard InChI is InChI=1S/C21H26N2O3/c1-20(2)10-15-11-21(3,12-20)13-23(15)19(24)18-9-17(22-26-18)14-6-5-7-16(8-14)25-4/h5-9,15H,10-13H2,1-4H3. The molecule has 5 heteroatoms. The first-order chi connectivity index (χ1) is 12.3. The van der Waals surface area contributed by atoms with Gasteiger partial charge in [0.15, 0.2) is 0 Å². The summed E-state index contributed by atoms with van der Waals surface area (Å²) in [5.74, 6) is 1.02. The van der Waals surface area contributed by atoms with Crippen LogP contribution < -0.4 is 4.74 Å². The number of carbonyl (C=O) groups excluding carboxylic acids is 1. The second-order valence-electron chi connectivity index (χ2n) is 8.96. The number of methoxy groups -OCH3 is 1. The zero-order chi connectivity index (χ0) is 18.5. The van der Waals surface area contributed by atoms with Crippen molar-refractivity contribution >= 4 is 5.91 Å². The smallest absolute Gasteiger partial charge is 0.292 e. The molecule has 0 N–H and O–H groups in total. The molecule has 1 aliphatic carbocycles. The highest BCUT2D eigenvalue weighted by Gasteiger charge is 2.51. The molecule has 1 saturated carbocycles. The van der Waals surface area contributed by atoms with Gasteiger partial charge < -0.3 is 14.2 Å². The van der Waals surface area contributed by atoms with Gasteiger partial charge in [0.25, 0.3) is 5.91 Å². The Bertz CT molecular complexity index is 841. The summed E-state index contributed by atoms with van der Waals surface area (Å²) in [7, 11) is 1.63. The second kappa shape index (κ2) is 5.86. The third kappa shape index (κ3) is 3.00. The van der Waals surface area contributed by atoms with E-state index in [-0.39, 0.29) is 16.7 Å². The first-order valence-electron chi connectivity index (χ1n) is 9.21. The summed E-state index contributed by atoms with van der Waals surface area (Å²) in [6, 6.07) is 9.63. The Hall–Kier alpha value is -2.30. The number of likely N-dealkylation sites (tertiary alicyclic amines) is 1. The van der Waals surface area contributed by atoms with Crippen molar-refractivity contribution in [3.8, 4) is 17.0 Å². The Labute approximate surface area is 154 Å².